The number of carbonyl (C=O) groups is 2. The zero-order chi connectivity index (χ0) is 12.2. The average Bonchev–Trinajstić information content (AvgIpc) is 2.23. The standard InChI is InChI=1S/C11H21NO4/c1-2-8-16-9-10(13)12-7-5-3-4-6-11(14)15/h2-9H2,1H3,(H,12,13)(H,14,15). The number of ether oxygens (including phenoxy) is 1. The van der Waals surface area contributed by atoms with Crippen molar-refractivity contribution in [3.8, 4) is 0 Å². The number of carboxylic acid groups (broad SMARTS) is 1. The van der Waals surface area contributed by atoms with Crippen LogP contribution in [-0.2, 0) is 14.3 Å². The smallest absolute Gasteiger partial charge is 0.303 e. The van der Waals surface area contributed by atoms with Crippen LogP contribution in [0.2, 0.25) is 0 Å². The molecule has 0 aliphatic heterocycles. The van der Waals surface area contributed by atoms with Gasteiger partial charge >= 0.3 is 5.97 Å². The lowest BCUT2D eigenvalue weighted by molar-refractivity contribution is -0.137. The Labute approximate surface area is 96.2 Å². The van der Waals surface area contributed by atoms with Crippen molar-refractivity contribution in [3.63, 3.8) is 0 Å². The van der Waals surface area contributed by atoms with Crippen LogP contribution in [0.5, 0.6) is 0 Å². The second kappa shape index (κ2) is 10.4. The second-order valence-electron chi connectivity index (χ2n) is 3.61. The van der Waals surface area contributed by atoms with Crippen LogP contribution in [-0.4, -0.2) is 36.7 Å². The number of amides is 1. The molecule has 0 aromatic rings. The summed E-state index contributed by atoms with van der Waals surface area (Å²) in [6.45, 7) is 3.29. The molecule has 0 aliphatic carbocycles. The summed E-state index contributed by atoms with van der Waals surface area (Å²) in [5, 5.41) is 11.1. The van der Waals surface area contributed by atoms with E-state index < -0.39 is 5.97 Å². The predicted molar refractivity (Wildman–Crippen MR) is 60.2 cm³/mol. The van der Waals surface area contributed by atoms with Crippen LogP contribution in [0.4, 0.5) is 0 Å². The van der Waals surface area contributed by atoms with Gasteiger partial charge in [0.1, 0.15) is 6.61 Å². The molecule has 0 saturated heterocycles. The monoisotopic (exact) mass is 231 g/mol. The molecule has 1 amide bonds. The van der Waals surface area contributed by atoms with Gasteiger partial charge in [0.05, 0.1) is 0 Å². The Hall–Kier alpha value is -1.10. The third-order valence-corrected chi connectivity index (χ3v) is 1.97. The first-order chi connectivity index (χ1) is 7.66. The lowest BCUT2D eigenvalue weighted by Crippen LogP contribution is -2.28. The van der Waals surface area contributed by atoms with Crippen LogP contribution < -0.4 is 5.32 Å². The van der Waals surface area contributed by atoms with E-state index in [0.29, 0.717) is 19.6 Å². The topological polar surface area (TPSA) is 75.6 Å². The van der Waals surface area contributed by atoms with Crippen LogP contribution in [0.1, 0.15) is 39.0 Å². The molecule has 0 rings (SSSR count). The highest BCUT2D eigenvalue weighted by atomic mass is 16.5. The highest BCUT2D eigenvalue weighted by molar-refractivity contribution is 5.77. The van der Waals surface area contributed by atoms with E-state index in [1.807, 2.05) is 6.92 Å². The van der Waals surface area contributed by atoms with Crippen LogP contribution in [0.15, 0.2) is 0 Å². The molecule has 2 N–H and O–H groups in total. The molecule has 0 radical (unpaired) electrons. The van der Waals surface area contributed by atoms with E-state index in [9.17, 15) is 9.59 Å². The van der Waals surface area contributed by atoms with Gasteiger partial charge in [0.25, 0.3) is 0 Å². The molecular formula is C11H21NO4. The van der Waals surface area contributed by atoms with E-state index in [0.717, 1.165) is 19.3 Å². The lowest BCUT2D eigenvalue weighted by Gasteiger charge is -2.05. The Morgan fingerprint density at radius 1 is 1.25 bits per heavy atom. The quantitative estimate of drug-likeness (QED) is 0.553. The summed E-state index contributed by atoms with van der Waals surface area (Å²) >= 11 is 0. The van der Waals surface area contributed by atoms with Gasteiger partial charge in [0, 0.05) is 19.6 Å². The maximum absolute atomic E-state index is 11.1. The molecule has 16 heavy (non-hydrogen) atoms. The molecule has 0 unspecified atom stereocenters. The first kappa shape index (κ1) is 14.9. The van der Waals surface area contributed by atoms with E-state index in [4.69, 9.17) is 9.84 Å². The normalized spacial score (nSPS) is 10.1. The third-order valence-electron chi connectivity index (χ3n) is 1.97. The van der Waals surface area contributed by atoms with E-state index in [1.165, 1.54) is 0 Å². The van der Waals surface area contributed by atoms with Crippen molar-refractivity contribution in [1.82, 2.24) is 5.32 Å². The van der Waals surface area contributed by atoms with Gasteiger partial charge < -0.3 is 15.2 Å². The van der Waals surface area contributed by atoms with Gasteiger partial charge in [-0.05, 0) is 19.3 Å². The first-order valence-corrected chi connectivity index (χ1v) is 5.73. The number of unbranched alkanes of at least 4 members (excludes halogenated alkanes) is 2. The zero-order valence-electron chi connectivity index (χ0n) is 9.83. The maximum Gasteiger partial charge on any atom is 0.303 e. The summed E-state index contributed by atoms with van der Waals surface area (Å²) in [7, 11) is 0. The van der Waals surface area contributed by atoms with E-state index in [-0.39, 0.29) is 18.9 Å². The molecule has 0 saturated carbocycles. The Morgan fingerprint density at radius 2 is 2.00 bits per heavy atom. The number of hydrogen-bond acceptors (Lipinski definition) is 3. The molecular weight excluding hydrogens is 210 g/mol. The summed E-state index contributed by atoms with van der Waals surface area (Å²) in [6, 6.07) is 0. The van der Waals surface area contributed by atoms with Gasteiger partial charge in [-0.15, -0.1) is 0 Å². The van der Waals surface area contributed by atoms with E-state index in [2.05, 4.69) is 5.32 Å². The molecule has 0 aromatic carbocycles. The lowest BCUT2D eigenvalue weighted by atomic mass is 10.2. The van der Waals surface area contributed by atoms with Gasteiger partial charge in [0.15, 0.2) is 0 Å². The number of carboxylic acids is 1. The number of rotatable bonds is 10. The molecule has 0 fully saturated rings. The molecule has 0 heterocycles. The molecule has 0 spiro atoms. The predicted octanol–water partition coefficient (Wildman–Crippen LogP) is 1.17. The van der Waals surface area contributed by atoms with E-state index >= 15 is 0 Å². The van der Waals surface area contributed by atoms with Gasteiger partial charge in [-0.1, -0.05) is 13.3 Å². The summed E-state index contributed by atoms with van der Waals surface area (Å²) in [5.74, 6) is -0.872. The third kappa shape index (κ3) is 11.0. The molecule has 94 valence electrons. The van der Waals surface area contributed by atoms with Crippen LogP contribution in [0, 0.1) is 0 Å². The summed E-state index contributed by atoms with van der Waals surface area (Å²) in [6.07, 6.45) is 3.41. The first-order valence-electron chi connectivity index (χ1n) is 5.73. The van der Waals surface area contributed by atoms with Crippen molar-refractivity contribution in [2.75, 3.05) is 19.8 Å². The number of carbonyl (C=O) groups excluding carboxylic acids is 1. The Morgan fingerprint density at radius 3 is 2.62 bits per heavy atom. The Bertz CT molecular complexity index is 206. The average molecular weight is 231 g/mol. The number of aliphatic carboxylic acids is 1. The SMILES string of the molecule is CCCOCC(=O)NCCCCCC(=O)O. The fourth-order valence-corrected chi connectivity index (χ4v) is 1.17. The molecule has 0 aromatic heterocycles. The highest BCUT2D eigenvalue weighted by Crippen LogP contribution is 1.98. The number of hydrogen-bond donors (Lipinski definition) is 2. The highest BCUT2D eigenvalue weighted by Gasteiger charge is 2.00. The summed E-state index contributed by atoms with van der Waals surface area (Å²) in [4.78, 5) is 21.3. The molecule has 0 atom stereocenters. The maximum atomic E-state index is 11.1. The van der Waals surface area contributed by atoms with Crippen molar-refractivity contribution in [3.05, 3.63) is 0 Å². The van der Waals surface area contributed by atoms with Gasteiger partial charge in [-0.2, -0.15) is 0 Å². The van der Waals surface area contributed by atoms with E-state index in [1.54, 1.807) is 0 Å². The minimum Gasteiger partial charge on any atom is -0.481 e. The zero-order valence-corrected chi connectivity index (χ0v) is 9.83. The molecule has 5 nitrogen and oxygen atoms in total. The van der Waals surface area contributed by atoms with Crippen LogP contribution in [0.25, 0.3) is 0 Å². The Balaban J connectivity index is 3.18. The van der Waals surface area contributed by atoms with Crippen molar-refractivity contribution < 1.29 is 19.4 Å². The van der Waals surface area contributed by atoms with Gasteiger partial charge in [0.2, 0.25) is 5.91 Å². The fourth-order valence-electron chi connectivity index (χ4n) is 1.17. The van der Waals surface area contributed by atoms with Crippen LogP contribution >= 0.6 is 0 Å². The largest absolute Gasteiger partial charge is 0.481 e. The van der Waals surface area contributed by atoms with Crippen molar-refractivity contribution >= 4 is 11.9 Å². The van der Waals surface area contributed by atoms with Crippen molar-refractivity contribution in [1.29, 1.82) is 0 Å². The van der Waals surface area contributed by atoms with Crippen molar-refractivity contribution in [2.45, 2.75) is 39.0 Å². The van der Waals surface area contributed by atoms with Crippen molar-refractivity contribution in [2.24, 2.45) is 0 Å². The van der Waals surface area contributed by atoms with Gasteiger partial charge in [-0.25, -0.2) is 0 Å². The minimum absolute atomic E-state index is 0.105. The fraction of sp³-hybridized carbons (Fsp3) is 0.818. The summed E-state index contributed by atoms with van der Waals surface area (Å²) < 4.78 is 5.06. The number of nitrogens with one attached hydrogen (secondary N) is 1. The second-order valence-corrected chi connectivity index (χ2v) is 3.61. The molecule has 0 bridgehead atoms. The van der Waals surface area contributed by atoms with Crippen LogP contribution in [0.3, 0.4) is 0 Å². The van der Waals surface area contributed by atoms with Gasteiger partial charge in [-0.3, -0.25) is 9.59 Å². The molecule has 0 aliphatic rings. The summed E-state index contributed by atoms with van der Waals surface area (Å²) in [5.41, 5.74) is 0. The molecule has 5 heteroatoms. The minimum atomic E-state index is -0.767. The Kier molecular flexibility index (Phi) is 9.70.